The summed E-state index contributed by atoms with van der Waals surface area (Å²) in [5.74, 6) is 1.05. The molecule has 5 nitrogen and oxygen atoms in total. The molecule has 1 aliphatic heterocycles. The molecule has 0 atom stereocenters. The maximum Gasteiger partial charge on any atom is 0.176 e. The molecule has 2 heterocycles. The van der Waals surface area contributed by atoms with E-state index in [1.54, 1.807) is 0 Å². The number of aromatic nitrogens is 4. The summed E-state index contributed by atoms with van der Waals surface area (Å²) in [7, 11) is 0. The lowest BCUT2D eigenvalue weighted by atomic mass is 9.78. The Morgan fingerprint density at radius 3 is 2.16 bits per heavy atom. The van der Waals surface area contributed by atoms with Crippen molar-refractivity contribution in [3.63, 3.8) is 0 Å². The molecule has 0 N–H and O–H groups in total. The Labute approximate surface area is 150 Å². The first-order chi connectivity index (χ1) is 12.2. The number of hydrogen-bond donors (Lipinski definition) is 0. The largest absolute Gasteiger partial charge is 0.291 e. The van der Waals surface area contributed by atoms with Crippen LogP contribution in [0.1, 0.15) is 68.3 Å². The molecule has 4 rings (SSSR count). The van der Waals surface area contributed by atoms with E-state index in [2.05, 4.69) is 52.5 Å². The van der Waals surface area contributed by atoms with E-state index in [1.165, 1.54) is 75.6 Å². The van der Waals surface area contributed by atoms with E-state index >= 15 is 0 Å². The third-order valence-corrected chi connectivity index (χ3v) is 5.98. The Balaban J connectivity index is 1.79. The normalized spacial score (nSPS) is 21.4. The molecular weight excluding hydrogens is 310 g/mol. The molecule has 0 bridgehead atoms. The van der Waals surface area contributed by atoms with E-state index in [1.807, 2.05) is 4.68 Å². The van der Waals surface area contributed by atoms with Gasteiger partial charge in [0, 0.05) is 0 Å². The summed E-state index contributed by atoms with van der Waals surface area (Å²) < 4.78 is 2.01. The third-order valence-electron chi connectivity index (χ3n) is 5.98. The topological polar surface area (TPSA) is 46.8 Å². The Kier molecular flexibility index (Phi) is 4.59. The second kappa shape index (κ2) is 6.87. The average molecular weight is 339 g/mol. The molecular formula is C20H29N5. The molecule has 5 heteroatoms. The lowest BCUT2D eigenvalue weighted by Gasteiger charge is -2.47. The fraction of sp³-hybridized carbons (Fsp3) is 0.650. The van der Waals surface area contributed by atoms with Gasteiger partial charge >= 0.3 is 0 Å². The van der Waals surface area contributed by atoms with Gasteiger partial charge in [-0.2, -0.15) is 4.68 Å². The van der Waals surface area contributed by atoms with Crippen LogP contribution in [0.5, 0.6) is 0 Å². The van der Waals surface area contributed by atoms with Crippen molar-refractivity contribution in [3.8, 4) is 5.69 Å². The molecule has 2 fully saturated rings. The zero-order chi connectivity index (χ0) is 17.3. The minimum absolute atomic E-state index is 0.0137. The highest BCUT2D eigenvalue weighted by molar-refractivity contribution is 5.39. The van der Waals surface area contributed by atoms with Crippen LogP contribution in [0, 0.1) is 13.8 Å². The minimum atomic E-state index is 0.0137. The molecule has 1 saturated carbocycles. The van der Waals surface area contributed by atoms with Crippen LogP contribution in [0.4, 0.5) is 0 Å². The second-order valence-electron chi connectivity index (χ2n) is 7.90. The fourth-order valence-corrected chi connectivity index (χ4v) is 4.86. The smallest absolute Gasteiger partial charge is 0.176 e. The Bertz CT molecular complexity index is 703. The molecule has 2 aliphatic rings. The van der Waals surface area contributed by atoms with Crippen LogP contribution in [0.25, 0.3) is 5.69 Å². The fourth-order valence-electron chi connectivity index (χ4n) is 4.86. The summed E-state index contributed by atoms with van der Waals surface area (Å²) in [6, 6.07) is 6.59. The third kappa shape index (κ3) is 3.10. The highest BCUT2D eigenvalue weighted by atomic mass is 15.6. The molecule has 0 amide bonds. The van der Waals surface area contributed by atoms with Crippen LogP contribution in [0.15, 0.2) is 18.2 Å². The van der Waals surface area contributed by atoms with Crippen LogP contribution >= 0.6 is 0 Å². The standard InChI is InChI=1S/C20H29N5/c1-16-13-17(2)15-18(14-16)25-19(21-22-23-25)20(9-5-3-6-10-20)24-11-7-4-8-12-24/h13-15H,3-12H2,1-2H3. The second-order valence-corrected chi connectivity index (χ2v) is 7.90. The van der Waals surface area contributed by atoms with Crippen LogP contribution in [-0.2, 0) is 5.54 Å². The first-order valence-corrected chi connectivity index (χ1v) is 9.82. The van der Waals surface area contributed by atoms with E-state index in [0.29, 0.717) is 0 Å². The first kappa shape index (κ1) is 16.7. The van der Waals surface area contributed by atoms with E-state index in [9.17, 15) is 0 Å². The number of benzene rings is 1. The summed E-state index contributed by atoms with van der Waals surface area (Å²) in [6.45, 7) is 6.64. The van der Waals surface area contributed by atoms with Gasteiger partial charge in [-0.3, -0.25) is 4.90 Å². The van der Waals surface area contributed by atoms with Crippen molar-refractivity contribution in [1.29, 1.82) is 0 Å². The zero-order valence-electron chi connectivity index (χ0n) is 15.5. The lowest BCUT2D eigenvalue weighted by molar-refractivity contribution is 0.0213. The number of tetrazole rings is 1. The summed E-state index contributed by atoms with van der Waals surface area (Å²) in [4.78, 5) is 2.69. The van der Waals surface area contributed by atoms with Gasteiger partial charge in [0.2, 0.25) is 0 Å². The van der Waals surface area contributed by atoms with Crippen molar-refractivity contribution in [3.05, 3.63) is 35.2 Å². The van der Waals surface area contributed by atoms with Gasteiger partial charge < -0.3 is 0 Å². The van der Waals surface area contributed by atoms with Crippen molar-refractivity contribution in [2.75, 3.05) is 13.1 Å². The number of likely N-dealkylation sites (tertiary alicyclic amines) is 1. The first-order valence-electron chi connectivity index (χ1n) is 9.82. The predicted molar refractivity (Wildman–Crippen MR) is 98.8 cm³/mol. The van der Waals surface area contributed by atoms with E-state index in [4.69, 9.17) is 0 Å². The quantitative estimate of drug-likeness (QED) is 0.850. The van der Waals surface area contributed by atoms with Gasteiger partial charge in [0.1, 0.15) is 0 Å². The Morgan fingerprint density at radius 1 is 0.840 bits per heavy atom. The molecule has 0 unspecified atom stereocenters. The average Bonchev–Trinajstić information content (AvgIpc) is 3.13. The van der Waals surface area contributed by atoms with Gasteiger partial charge in [-0.1, -0.05) is 31.7 Å². The SMILES string of the molecule is Cc1cc(C)cc(-n2nnnc2C2(N3CCCCC3)CCCCC2)c1. The van der Waals surface area contributed by atoms with Crippen molar-refractivity contribution in [2.24, 2.45) is 0 Å². The molecule has 1 aliphatic carbocycles. The van der Waals surface area contributed by atoms with E-state index in [-0.39, 0.29) is 5.54 Å². The number of hydrogen-bond acceptors (Lipinski definition) is 4. The summed E-state index contributed by atoms with van der Waals surface area (Å²) in [5, 5.41) is 13.1. The van der Waals surface area contributed by atoms with E-state index < -0.39 is 0 Å². The van der Waals surface area contributed by atoms with Crippen molar-refractivity contribution >= 4 is 0 Å². The number of rotatable bonds is 3. The molecule has 0 spiro atoms. The number of piperidine rings is 1. The van der Waals surface area contributed by atoms with Gasteiger partial charge in [-0.25, -0.2) is 0 Å². The maximum absolute atomic E-state index is 4.58. The number of nitrogens with zero attached hydrogens (tertiary/aromatic N) is 5. The molecule has 1 saturated heterocycles. The Hall–Kier alpha value is -1.75. The molecule has 0 radical (unpaired) electrons. The van der Waals surface area contributed by atoms with Gasteiger partial charge in [0.15, 0.2) is 5.82 Å². The maximum atomic E-state index is 4.58. The van der Waals surface area contributed by atoms with Crippen LogP contribution in [-0.4, -0.2) is 38.2 Å². The van der Waals surface area contributed by atoms with E-state index in [0.717, 1.165) is 11.5 Å². The summed E-state index contributed by atoms with van der Waals surface area (Å²) >= 11 is 0. The van der Waals surface area contributed by atoms with Crippen LogP contribution < -0.4 is 0 Å². The lowest BCUT2D eigenvalue weighted by Crippen LogP contribution is -2.51. The van der Waals surface area contributed by atoms with Gasteiger partial charge in [0.05, 0.1) is 11.2 Å². The van der Waals surface area contributed by atoms with Gasteiger partial charge in [-0.05, 0) is 86.3 Å². The van der Waals surface area contributed by atoms with Crippen molar-refractivity contribution in [1.82, 2.24) is 25.1 Å². The van der Waals surface area contributed by atoms with Crippen molar-refractivity contribution < 1.29 is 0 Å². The van der Waals surface area contributed by atoms with Crippen LogP contribution in [0.2, 0.25) is 0 Å². The molecule has 134 valence electrons. The molecule has 2 aromatic rings. The number of aryl methyl sites for hydroxylation is 2. The van der Waals surface area contributed by atoms with Crippen molar-refractivity contribution in [2.45, 2.75) is 70.8 Å². The summed E-state index contributed by atoms with van der Waals surface area (Å²) in [6.07, 6.45) is 10.2. The van der Waals surface area contributed by atoms with Gasteiger partial charge in [-0.15, -0.1) is 5.10 Å². The monoisotopic (exact) mass is 339 g/mol. The molecule has 1 aromatic heterocycles. The van der Waals surface area contributed by atoms with Gasteiger partial charge in [0.25, 0.3) is 0 Å². The minimum Gasteiger partial charge on any atom is -0.291 e. The Morgan fingerprint density at radius 2 is 1.48 bits per heavy atom. The molecule has 25 heavy (non-hydrogen) atoms. The highest BCUT2D eigenvalue weighted by Crippen LogP contribution is 2.43. The highest BCUT2D eigenvalue weighted by Gasteiger charge is 2.44. The predicted octanol–water partition coefficient (Wildman–Crippen LogP) is 3.92. The molecule has 1 aromatic carbocycles. The van der Waals surface area contributed by atoms with Crippen LogP contribution in [0.3, 0.4) is 0 Å². The summed E-state index contributed by atoms with van der Waals surface area (Å²) in [5.41, 5.74) is 3.62. The zero-order valence-corrected chi connectivity index (χ0v) is 15.5.